The van der Waals surface area contributed by atoms with E-state index < -0.39 is 0 Å². The smallest absolute Gasteiger partial charge is 0.223 e. The normalized spacial score (nSPS) is 27.2. The van der Waals surface area contributed by atoms with Gasteiger partial charge in [-0.1, -0.05) is 13.8 Å². The minimum absolute atomic E-state index is 0. The quantitative estimate of drug-likeness (QED) is 0.803. The second-order valence-corrected chi connectivity index (χ2v) is 7.85. The maximum absolute atomic E-state index is 12.5. The number of piperidine rings is 2. The van der Waals surface area contributed by atoms with Gasteiger partial charge in [0, 0.05) is 31.6 Å². The molecule has 3 rings (SSSR count). The summed E-state index contributed by atoms with van der Waals surface area (Å²) in [5.74, 6) is 1.40. The minimum atomic E-state index is 0. The molecular formula is C17H33Cl2N3O. The summed E-state index contributed by atoms with van der Waals surface area (Å²) in [4.78, 5) is 15.0. The van der Waals surface area contributed by atoms with Crippen molar-refractivity contribution in [3.63, 3.8) is 0 Å². The molecule has 1 atom stereocenters. The number of carbonyl (C=O) groups is 1. The molecule has 23 heavy (non-hydrogen) atoms. The third kappa shape index (κ3) is 5.22. The van der Waals surface area contributed by atoms with E-state index in [9.17, 15) is 4.79 Å². The summed E-state index contributed by atoms with van der Waals surface area (Å²) in [7, 11) is 0. The van der Waals surface area contributed by atoms with Gasteiger partial charge in [-0.2, -0.15) is 0 Å². The zero-order valence-corrected chi connectivity index (χ0v) is 16.1. The third-order valence-electron chi connectivity index (χ3n) is 5.66. The van der Waals surface area contributed by atoms with Crippen LogP contribution in [0.3, 0.4) is 0 Å². The van der Waals surface area contributed by atoms with E-state index in [4.69, 9.17) is 0 Å². The lowest BCUT2D eigenvalue weighted by atomic mass is 9.91. The van der Waals surface area contributed by atoms with Crippen LogP contribution in [0.5, 0.6) is 0 Å². The van der Waals surface area contributed by atoms with Crippen molar-refractivity contribution in [3.05, 3.63) is 0 Å². The van der Waals surface area contributed by atoms with Gasteiger partial charge in [-0.15, -0.1) is 24.8 Å². The molecule has 6 heteroatoms. The van der Waals surface area contributed by atoms with Crippen LogP contribution in [0.1, 0.15) is 46.0 Å². The average molecular weight is 366 g/mol. The Balaban J connectivity index is 0.00000132. The molecule has 0 aromatic carbocycles. The molecule has 0 aromatic heterocycles. The monoisotopic (exact) mass is 365 g/mol. The summed E-state index contributed by atoms with van der Waals surface area (Å²) in [5.41, 5.74) is 0.369. The van der Waals surface area contributed by atoms with Crippen molar-refractivity contribution in [2.75, 3.05) is 32.7 Å². The Morgan fingerprint density at radius 3 is 2.39 bits per heavy atom. The van der Waals surface area contributed by atoms with Gasteiger partial charge < -0.3 is 15.5 Å². The lowest BCUT2D eigenvalue weighted by Gasteiger charge is -2.33. The van der Waals surface area contributed by atoms with Crippen molar-refractivity contribution in [2.45, 2.75) is 52.0 Å². The fraction of sp³-hybridized carbons (Fsp3) is 0.941. The number of nitrogens with one attached hydrogen (secondary N) is 2. The summed E-state index contributed by atoms with van der Waals surface area (Å²) in [6.45, 7) is 10.2. The van der Waals surface area contributed by atoms with Gasteiger partial charge in [0.15, 0.2) is 0 Å². The molecule has 2 saturated heterocycles. The Labute approximate surface area is 153 Å². The number of rotatable bonds is 4. The van der Waals surface area contributed by atoms with Gasteiger partial charge in [-0.25, -0.2) is 0 Å². The minimum Gasteiger partial charge on any atom is -0.353 e. The number of carbonyl (C=O) groups excluding carboxylic acids is 1. The first kappa shape index (κ1) is 21.0. The van der Waals surface area contributed by atoms with Crippen LogP contribution < -0.4 is 10.6 Å². The molecule has 136 valence electrons. The van der Waals surface area contributed by atoms with E-state index in [1.807, 2.05) is 0 Å². The van der Waals surface area contributed by atoms with E-state index in [-0.39, 0.29) is 24.8 Å². The van der Waals surface area contributed by atoms with Crippen molar-refractivity contribution < 1.29 is 4.79 Å². The predicted molar refractivity (Wildman–Crippen MR) is 99.6 cm³/mol. The van der Waals surface area contributed by atoms with E-state index in [0.29, 0.717) is 23.3 Å². The Hall–Kier alpha value is -0.0300. The van der Waals surface area contributed by atoms with Gasteiger partial charge in [0.2, 0.25) is 5.91 Å². The van der Waals surface area contributed by atoms with Crippen LogP contribution in [0, 0.1) is 17.3 Å². The van der Waals surface area contributed by atoms with Crippen LogP contribution >= 0.6 is 24.8 Å². The van der Waals surface area contributed by atoms with Gasteiger partial charge in [-0.05, 0) is 56.5 Å². The van der Waals surface area contributed by atoms with Crippen molar-refractivity contribution in [3.8, 4) is 0 Å². The third-order valence-corrected chi connectivity index (χ3v) is 5.66. The molecule has 1 amide bonds. The van der Waals surface area contributed by atoms with E-state index in [2.05, 4.69) is 29.4 Å². The van der Waals surface area contributed by atoms with E-state index >= 15 is 0 Å². The topological polar surface area (TPSA) is 44.4 Å². The van der Waals surface area contributed by atoms with Gasteiger partial charge in [-0.3, -0.25) is 4.79 Å². The molecule has 1 saturated carbocycles. The van der Waals surface area contributed by atoms with Crippen LogP contribution in [0.2, 0.25) is 0 Å². The number of likely N-dealkylation sites (tertiary alicyclic amines) is 1. The highest BCUT2D eigenvalue weighted by Gasteiger charge is 2.57. The van der Waals surface area contributed by atoms with Crippen LogP contribution in [0.15, 0.2) is 0 Å². The summed E-state index contributed by atoms with van der Waals surface area (Å²) in [6.07, 6.45) is 5.77. The van der Waals surface area contributed by atoms with Crippen LogP contribution in [0.25, 0.3) is 0 Å². The number of hydrogen-bond donors (Lipinski definition) is 2. The van der Waals surface area contributed by atoms with Gasteiger partial charge in [0.05, 0.1) is 0 Å². The Bertz CT molecular complexity index is 378. The molecule has 0 bridgehead atoms. The molecule has 0 aromatic rings. The molecular weight excluding hydrogens is 333 g/mol. The lowest BCUT2D eigenvalue weighted by Crippen LogP contribution is -2.46. The maximum atomic E-state index is 12.5. The maximum Gasteiger partial charge on any atom is 0.223 e. The summed E-state index contributed by atoms with van der Waals surface area (Å²) in [5, 5.41) is 6.74. The number of amides is 1. The number of nitrogens with zero attached hydrogens (tertiary/aromatic N) is 1. The van der Waals surface area contributed by atoms with Crippen LogP contribution in [0.4, 0.5) is 0 Å². The van der Waals surface area contributed by atoms with Gasteiger partial charge in [0.25, 0.3) is 0 Å². The molecule has 2 N–H and O–H groups in total. The van der Waals surface area contributed by atoms with E-state index in [1.165, 1.54) is 19.4 Å². The second kappa shape index (κ2) is 8.89. The van der Waals surface area contributed by atoms with Crippen molar-refractivity contribution in [1.82, 2.24) is 15.5 Å². The molecule has 3 aliphatic rings. The van der Waals surface area contributed by atoms with Gasteiger partial charge >= 0.3 is 0 Å². The zero-order valence-electron chi connectivity index (χ0n) is 14.5. The fourth-order valence-corrected chi connectivity index (χ4v) is 4.27. The van der Waals surface area contributed by atoms with Crippen molar-refractivity contribution in [2.24, 2.45) is 17.3 Å². The van der Waals surface area contributed by atoms with Gasteiger partial charge in [0.1, 0.15) is 0 Å². The van der Waals surface area contributed by atoms with Crippen molar-refractivity contribution in [1.29, 1.82) is 0 Å². The lowest BCUT2D eigenvalue weighted by molar-refractivity contribution is -0.124. The highest BCUT2D eigenvalue weighted by atomic mass is 35.5. The number of hydrogen-bond acceptors (Lipinski definition) is 3. The molecule has 3 fully saturated rings. The molecule has 1 aliphatic carbocycles. The molecule has 0 radical (unpaired) electrons. The Morgan fingerprint density at radius 1 is 1.22 bits per heavy atom. The average Bonchev–Trinajstić information content (AvgIpc) is 3.15. The Kier molecular flexibility index (Phi) is 8.12. The first-order valence-electron chi connectivity index (χ1n) is 8.82. The molecule has 2 aliphatic heterocycles. The highest BCUT2D eigenvalue weighted by molar-refractivity contribution is 5.85. The zero-order chi connectivity index (χ0) is 14.9. The first-order valence-corrected chi connectivity index (χ1v) is 8.82. The molecule has 4 nitrogen and oxygen atoms in total. The first-order chi connectivity index (χ1) is 10.1. The summed E-state index contributed by atoms with van der Waals surface area (Å²) in [6, 6.07) is 0.417. The predicted octanol–water partition coefficient (Wildman–Crippen LogP) is 2.46. The van der Waals surface area contributed by atoms with Crippen LogP contribution in [-0.4, -0.2) is 49.6 Å². The van der Waals surface area contributed by atoms with Crippen molar-refractivity contribution >= 4 is 30.7 Å². The van der Waals surface area contributed by atoms with E-state index in [0.717, 1.165) is 51.4 Å². The second-order valence-electron chi connectivity index (χ2n) is 7.85. The SMILES string of the molecule is CC(C)CN1CCC(NC(=O)C2CC23CCNCC3)CC1.Cl.Cl. The Morgan fingerprint density at radius 2 is 1.83 bits per heavy atom. The molecule has 1 unspecified atom stereocenters. The largest absolute Gasteiger partial charge is 0.353 e. The summed E-state index contributed by atoms with van der Waals surface area (Å²) < 4.78 is 0. The standard InChI is InChI=1S/C17H31N3O.2ClH/c1-13(2)12-20-9-3-14(4-10-20)19-16(21)15-11-17(15)5-7-18-8-6-17;;/h13-15,18H,3-12H2,1-2H3,(H,19,21);2*1H. The fourth-order valence-electron chi connectivity index (χ4n) is 4.27. The van der Waals surface area contributed by atoms with E-state index in [1.54, 1.807) is 0 Å². The molecule has 2 heterocycles. The number of halogens is 2. The highest BCUT2D eigenvalue weighted by Crippen LogP contribution is 2.58. The molecule has 1 spiro atoms. The van der Waals surface area contributed by atoms with Crippen LogP contribution in [-0.2, 0) is 4.79 Å². The summed E-state index contributed by atoms with van der Waals surface area (Å²) >= 11 is 0.